The molecular formula is C35H41BN8O3S2. The van der Waals surface area contributed by atoms with Crippen LogP contribution in [0.5, 0.6) is 0 Å². The lowest BCUT2D eigenvalue weighted by Crippen LogP contribution is -2.46. The fraction of sp³-hybridized carbons (Fsp3) is 0.429. The van der Waals surface area contributed by atoms with Crippen LogP contribution in [0.4, 0.5) is 17.3 Å². The van der Waals surface area contributed by atoms with E-state index in [1.54, 1.807) is 29.8 Å². The van der Waals surface area contributed by atoms with E-state index in [1.165, 1.54) is 7.11 Å². The lowest BCUT2D eigenvalue weighted by Gasteiger charge is -2.38. The molecule has 0 radical (unpaired) electrons. The molecule has 2 saturated heterocycles. The third kappa shape index (κ3) is 8.87. The Labute approximate surface area is 297 Å². The number of anilines is 3. The predicted octanol–water partition coefficient (Wildman–Crippen LogP) is 4.98. The number of aromatic nitrogens is 2. The number of nitrogens with zero attached hydrogens (tertiary/aromatic N) is 8. The van der Waals surface area contributed by atoms with E-state index in [-0.39, 0.29) is 31.1 Å². The summed E-state index contributed by atoms with van der Waals surface area (Å²) < 4.78 is 7.25. The van der Waals surface area contributed by atoms with Crippen molar-refractivity contribution in [1.29, 1.82) is 10.5 Å². The van der Waals surface area contributed by atoms with Crippen molar-refractivity contribution in [2.75, 3.05) is 73.6 Å². The summed E-state index contributed by atoms with van der Waals surface area (Å²) in [5.41, 5.74) is 4.74. The molecule has 1 atom stereocenters. The molecule has 2 aromatic carbocycles. The molecule has 0 spiro atoms. The minimum absolute atomic E-state index is 0.0496. The van der Waals surface area contributed by atoms with Gasteiger partial charge in [-0.3, -0.25) is 9.59 Å². The van der Waals surface area contributed by atoms with Crippen LogP contribution >= 0.6 is 23.7 Å². The van der Waals surface area contributed by atoms with E-state index in [1.807, 2.05) is 54.7 Å². The first-order valence-electron chi connectivity index (χ1n) is 16.4. The third-order valence-electron chi connectivity index (χ3n) is 8.86. The fourth-order valence-corrected chi connectivity index (χ4v) is 7.44. The van der Waals surface area contributed by atoms with Crippen LogP contribution in [0.2, 0.25) is 12.6 Å². The summed E-state index contributed by atoms with van der Waals surface area (Å²) in [6.45, 7) is 6.24. The summed E-state index contributed by atoms with van der Waals surface area (Å²) in [6, 6.07) is 17.6. The van der Waals surface area contributed by atoms with E-state index in [9.17, 15) is 20.1 Å². The molecule has 6 rings (SSSR count). The molecule has 254 valence electrons. The van der Waals surface area contributed by atoms with Crippen molar-refractivity contribution in [2.45, 2.75) is 43.3 Å². The van der Waals surface area contributed by atoms with Crippen molar-refractivity contribution in [2.24, 2.45) is 0 Å². The number of hydrogen-bond donors (Lipinski definition) is 0. The van der Waals surface area contributed by atoms with Crippen LogP contribution in [-0.4, -0.2) is 97.8 Å². The average Bonchev–Trinajstić information content (AvgIpc) is 3.55. The Morgan fingerprint density at radius 1 is 1.02 bits per heavy atom. The van der Waals surface area contributed by atoms with Crippen molar-refractivity contribution in [3.05, 3.63) is 71.0 Å². The number of benzene rings is 2. The van der Waals surface area contributed by atoms with Gasteiger partial charge in [0.15, 0.2) is 0 Å². The number of esters is 1. The van der Waals surface area contributed by atoms with Gasteiger partial charge in [-0.15, -0.1) is 0 Å². The van der Waals surface area contributed by atoms with Gasteiger partial charge in [-0.2, -0.15) is 17.0 Å². The molecule has 0 aliphatic carbocycles. The molecule has 0 bridgehead atoms. The Morgan fingerprint density at radius 3 is 2.51 bits per heavy atom. The second kappa shape index (κ2) is 16.9. The number of carbonyl (C=O) groups is 2. The summed E-state index contributed by atoms with van der Waals surface area (Å²) in [5, 5.41) is 18.8. The highest BCUT2D eigenvalue weighted by Crippen LogP contribution is 2.35. The summed E-state index contributed by atoms with van der Waals surface area (Å²) in [5.74, 6) is 2.61. The van der Waals surface area contributed by atoms with Gasteiger partial charge in [0.1, 0.15) is 11.8 Å². The number of nitriles is 2. The number of amides is 1. The fourth-order valence-electron chi connectivity index (χ4n) is 6.48. The zero-order valence-electron chi connectivity index (χ0n) is 28.5. The van der Waals surface area contributed by atoms with Gasteiger partial charge < -0.3 is 19.4 Å². The Hall–Kier alpha value is -4.24. The topological polar surface area (TPSA) is 130 Å². The lowest BCUT2D eigenvalue weighted by molar-refractivity contribution is -0.140. The summed E-state index contributed by atoms with van der Waals surface area (Å²) in [4.78, 5) is 42.1. The van der Waals surface area contributed by atoms with E-state index < -0.39 is 0 Å². The number of thioether (sulfide) groups is 1. The molecule has 1 unspecified atom stereocenters. The van der Waals surface area contributed by atoms with E-state index in [4.69, 9.17) is 4.74 Å². The molecule has 3 aromatic rings. The number of piperazine rings is 1. The summed E-state index contributed by atoms with van der Waals surface area (Å²) in [7, 11) is 1.38. The van der Waals surface area contributed by atoms with Gasteiger partial charge >= 0.3 is 5.97 Å². The number of hydrogen-bond acceptors (Lipinski definition) is 12. The number of methoxy groups -OCH3 is 1. The molecule has 0 N–H and O–H groups in total. The second-order valence-electron chi connectivity index (χ2n) is 12.2. The molecule has 3 aliphatic heterocycles. The highest BCUT2D eigenvalue weighted by Gasteiger charge is 2.34. The molecule has 3 aliphatic rings. The maximum Gasteiger partial charge on any atom is 0.307 e. The largest absolute Gasteiger partial charge is 0.469 e. The number of aryl methyl sites for hydroxylation is 1. The van der Waals surface area contributed by atoms with Gasteiger partial charge in [0.25, 0.3) is 12.6 Å². The number of fused-ring (bicyclic) bond motifs is 1. The molecule has 0 saturated carbocycles. The van der Waals surface area contributed by atoms with Crippen molar-refractivity contribution < 1.29 is 14.3 Å². The first kappa shape index (κ1) is 36.1. The smallest absolute Gasteiger partial charge is 0.307 e. The van der Waals surface area contributed by atoms with Gasteiger partial charge in [0.2, 0.25) is 5.95 Å². The van der Waals surface area contributed by atoms with Gasteiger partial charge in [0.05, 0.1) is 13.5 Å². The summed E-state index contributed by atoms with van der Waals surface area (Å²) in [6.07, 6.45) is 6.38. The van der Waals surface area contributed by atoms with Crippen LogP contribution in [0.25, 0.3) is 0 Å². The van der Waals surface area contributed by atoms with Crippen LogP contribution in [0, 0.1) is 29.5 Å². The molecule has 2 fully saturated rings. The van der Waals surface area contributed by atoms with Crippen LogP contribution in [0.3, 0.4) is 0 Å². The van der Waals surface area contributed by atoms with Crippen LogP contribution in [-0.2, 0) is 16.0 Å². The van der Waals surface area contributed by atoms with Gasteiger partial charge in [-0.1, -0.05) is 6.07 Å². The molecule has 49 heavy (non-hydrogen) atoms. The molecule has 11 nitrogen and oxygen atoms in total. The SMILES string of the molecule is COC(=O)CC1CB(C#N)CCN1c1cccc(C(=O)N2CCc3cc(SN4CCN(c5nc(C)cc(C#N)n5)CC4)ccc32)c1.CSC. The highest BCUT2D eigenvalue weighted by atomic mass is 32.2. The van der Waals surface area contributed by atoms with E-state index in [2.05, 4.69) is 48.2 Å². The van der Waals surface area contributed by atoms with Gasteiger partial charge in [0, 0.05) is 78.8 Å². The minimum atomic E-state index is -0.304. The maximum absolute atomic E-state index is 13.8. The predicted molar refractivity (Wildman–Crippen MR) is 198 cm³/mol. The number of ether oxygens (including phenoxy) is 1. The van der Waals surface area contributed by atoms with Crippen molar-refractivity contribution in [1.82, 2.24) is 14.3 Å². The first-order chi connectivity index (χ1) is 23.8. The van der Waals surface area contributed by atoms with E-state index in [0.717, 1.165) is 60.1 Å². The standard InChI is InChI=1S/C33H35BN8O3S.C2H6S/c1-23-16-26(21-35)38-33(37-23)39-12-14-40(15-13-39)46-29-6-7-30-24(18-29)8-10-42(30)32(44)25-4-3-5-27(17-25)41-11-9-34(22-36)20-28(41)19-31(43)45-2;1-3-2/h3-7,16-18,28H,8-15,19-20H2,1-2H3;1-2H3. The third-order valence-corrected chi connectivity index (χ3v) is 9.95. The number of rotatable bonds is 7. The van der Waals surface area contributed by atoms with E-state index in [0.29, 0.717) is 42.9 Å². The zero-order chi connectivity index (χ0) is 34.9. The average molecular weight is 697 g/mol. The molecule has 1 amide bonds. The lowest BCUT2D eigenvalue weighted by atomic mass is 9.43. The molecule has 4 heterocycles. The normalized spacial score (nSPS) is 17.4. The quantitative estimate of drug-likeness (QED) is 0.188. The minimum Gasteiger partial charge on any atom is -0.469 e. The number of carbonyl (C=O) groups excluding carboxylic acids is 2. The van der Waals surface area contributed by atoms with Crippen molar-refractivity contribution in [3.8, 4) is 12.0 Å². The van der Waals surface area contributed by atoms with Crippen LogP contribution < -0.4 is 14.7 Å². The molecule has 1 aromatic heterocycles. The highest BCUT2D eigenvalue weighted by molar-refractivity contribution is 7.97. The van der Waals surface area contributed by atoms with Gasteiger partial charge in [-0.25, -0.2) is 19.5 Å². The monoisotopic (exact) mass is 696 g/mol. The Morgan fingerprint density at radius 2 is 1.80 bits per heavy atom. The molecular weight excluding hydrogens is 655 g/mol. The van der Waals surface area contributed by atoms with Crippen molar-refractivity contribution >= 4 is 59.6 Å². The Bertz CT molecular complexity index is 1740. The molecule has 14 heteroatoms. The Kier molecular flexibility index (Phi) is 12.5. The van der Waals surface area contributed by atoms with Crippen molar-refractivity contribution in [3.63, 3.8) is 0 Å². The van der Waals surface area contributed by atoms with Crippen LogP contribution in [0.1, 0.15) is 33.7 Å². The first-order valence-corrected chi connectivity index (χ1v) is 18.8. The summed E-state index contributed by atoms with van der Waals surface area (Å²) >= 11 is 3.47. The zero-order valence-corrected chi connectivity index (χ0v) is 30.1. The van der Waals surface area contributed by atoms with E-state index >= 15 is 0 Å². The Balaban J connectivity index is 0.00000151. The van der Waals surface area contributed by atoms with Crippen LogP contribution in [0.15, 0.2) is 53.4 Å². The van der Waals surface area contributed by atoms with Gasteiger partial charge in [-0.05, 0) is 98.5 Å². The second-order valence-corrected chi connectivity index (χ2v) is 14.2. The maximum atomic E-state index is 13.8.